The molecule has 2 aliphatic heterocycles. The molecule has 32 heavy (non-hydrogen) atoms. The van der Waals surface area contributed by atoms with Gasteiger partial charge in [-0.2, -0.15) is 0 Å². The lowest BCUT2D eigenvalue weighted by molar-refractivity contribution is -0.136. The summed E-state index contributed by atoms with van der Waals surface area (Å²) in [5.74, 6) is 1.46. The molecule has 170 valence electrons. The molecule has 0 N–H and O–H groups in total. The molecule has 0 bridgehead atoms. The summed E-state index contributed by atoms with van der Waals surface area (Å²) in [6.45, 7) is 8.34. The molecule has 2 aliphatic rings. The second kappa shape index (κ2) is 9.72. The van der Waals surface area contributed by atoms with Crippen LogP contribution in [0.25, 0.3) is 11.4 Å². The molecule has 0 amide bonds. The lowest BCUT2D eigenvalue weighted by Crippen LogP contribution is -2.39. The van der Waals surface area contributed by atoms with Crippen LogP contribution in [0.1, 0.15) is 51.3 Å². The van der Waals surface area contributed by atoms with Crippen molar-refractivity contribution in [3.63, 3.8) is 0 Å². The molecule has 4 rings (SSSR count). The molecule has 6 nitrogen and oxygen atoms in total. The number of hydrogen-bond donors (Lipinski definition) is 0. The first-order chi connectivity index (χ1) is 15.5. The van der Waals surface area contributed by atoms with E-state index in [2.05, 4.69) is 42.7 Å². The maximum absolute atomic E-state index is 12.7. The Balaban J connectivity index is 1.87. The highest BCUT2D eigenvalue weighted by Gasteiger charge is 2.29. The van der Waals surface area contributed by atoms with Crippen molar-refractivity contribution in [2.45, 2.75) is 65.0 Å². The molecular formula is C26H34N4O2. The number of hydrogen-bond acceptors (Lipinski definition) is 6. The fourth-order valence-electron chi connectivity index (χ4n) is 4.67. The molecule has 1 saturated heterocycles. The Bertz CT molecular complexity index is 987. The van der Waals surface area contributed by atoms with E-state index in [1.165, 1.54) is 13.5 Å². The maximum atomic E-state index is 12.7. The number of nitrogens with zero attached hydrogens (tertiary/aromatic N) is 4. The molecule has 1 aromatic carbocycles. The summed E-state index contributed by atoms with van der Waals surface area (Å²) in [6.07, 6.45) is 6.83. The van der Waals surface area contributed by atoms with E-state index < -0.39 is 0 Å². The number of ether oxygens (including phenoxy) is 1. The third-order valence-corrected chi connectivity index (χ3v) is 6.58. The predicted molar refractivity (Wildman–Crippen MR) is 127 cm³/mol. The SMILES string of the molecule is COC(=O)C1=CN(C(C)C)CCc2nc(-c3ccccc3)nc(N3CCCC[C@H]3C)c2C1. The first-order valence-electron chi connectivity index (χ1n) is 11.7. The van der Waals surface area contributed by atoms with Gasteiger partial charge < -0.3 is 14.5 Å². The monoisotopic (exact) mass is 434 g/mol. The summed E-state index contributed by atoms with van der Waals surface area (Å²) in [5, 5.41) is 0. The van der Waals surface area contributed by atoms with Crippen molar-refractivity contribution in [2.75, 3.05) is 25.1 Å². The highest BCUT2D eigenvalue weighted by molar-refractivity contribution is 5.89. The zero-order valence-corrected chi connectivity index (χ0v) is 19.7. The van der Waals surface area contributed by atoms with Gasteiger partial charge in [-0.25, -0.2) is 14.8 Å². The molecule has 0 unspecified atom stereocenters. The van der Waals surface area contributed by atoms with Crippen LogP contribution in [-0.4, -0.2) is 53.1 Å². The minimum absolute atomic E-state index is 0.284. The summed E-state index contributed by atoms with van der Waals surface area (Å²) in [7, 11) is 1.45. The number of esters is 1. The number of aromatic nitrogens is 2. The van der Waals surface area contributed by atoms with Crippen molar-refractivity contribution in [1.82, 2.24) is 14.9 Å². The predicted octanol–water partition coefficient (Wildman–Crippen LogP) is 4.39. The van der Waals surface area contributed by atoms with Crippen molar-refractivity contribution in [2.24, 2.45) is 0 Å². The van der Waals surface area contributed by atoms with Gasteiger partial charge in [0.15, 0.2) is 5.82 Å². The molecule has 1 aromatic heterocycles. The Morgan fingerprint density at radius 3 is 2.59 bits per heavy atom. The normalized spacial score (nSPS) is 19.2. The smallest absolute Gasteiger partial charge is 0.335 e. The minimum atomic E-state index is -0.284. The molecule has 3 heterocycles. The molecule has 0 aliphatic carbocycles. The average molecular weight is 435 g/mol. The van der Waals surface area contributed by atoms with Gasteiger partial charge in [0.1, 0.15) is 5.82 Å². The van der Waals surface area contributed by atoms with E-state index in [1.54, 1.807) is 0 Å². The molecular weight excluding hydrogens is 400 g/mol. The highest BCUT2D eigenvalue weighted by atomic mass is 16.5. The fourth-order valence-corrected chi connectivity index (χ4v) is 4.67. The maximum Gasteiger partial charge on any atom is 0.335 e. The lowest BCUT2D eigenvalue weighted by atomic mass is 9.97. The second-order valence-corrected chi connectivity index (χ2v) is 9.10. The number of piperidine rings is 1. The van der Waals surface area contributed by atoms with Crippen LogP contribution in [0.15, 0.2) is 42.1 Å². The summed E-state index contributed by atoms with van der Waals surface area (Å²) in [5.41, 5.74) is 3.78. The van der Waals surface area contributed by atoms with Gasteiger partial charge in [0.2, 0.25) is 0 Å². The number of methoxy groups -OCH3 is 1. The van der Waals surface area contributed by atoms with Gasteiger partial charge in [0.05, 0.1) is 18.4 Å². The van der Waals surface area contributed by atoms with Crippen molar-refractivity contribution in [3.8, 4) is 11.4 Å². The summed E-state index contributed by atoms with van der Waals surface area (Å²) in [6, 6.07) is 10.9. The number of fused-ring (bicyclic) bond motifs is 1. The van der Waals surface area contributed by atoms with E-state index in [-0.39, 0.29) is 12.0 Å². The summed E-state index contributed by atoms with van der Waals surface area (Å²) < 4.78 is 5.14. The molecule has 6 heteroatoms. The Kier molecular flexibility index (Phi) is 6.77. The van der Waals surface area contributed by atoms with Crippen LogP contribution in [0, 0.1) is 0 Å². The minimum Gasteiger partial charge on any atom is -0.466 e. The Morgan fingerprint density at radius 1 is 1.12 bits per heavy atom. The lowest BCUT2D eigenvalue weighted by Gasteiger charge is -2.37. The van der Waals surface area contributed by atoms with Gasteiger partial charge in [-0.15, -0.1) is 0 Å². The Hall–Kier alpha value is -2.89. The Labute approximate surface area is 191 Å². The van der Waals surface area contributed by atoms with E-state index in [0.717, 1.165) is 60.8 Å². The van der Waals surface area contributed by atoms with Crippen molar-refractivity contribution >= 4 is 11.8 Å². The topological polar surface area (TPSA) is 58.6 Å². The van der Waals surface area contributed by atoms with E-state index in [4.69, 9.17) is 14.7 Å². The number of benzene rings is 1. The molecule has 2 aromatic rings. The van der Waals surface area contributed by atoms with Gasteiger partial charge in [-0.05, 0) is 40.0 Å². The number of carbonyl (C=O) groups excluding carboxylic acids is 1. The van der Waals surface area contributed by atoms with E-state index >= 15 is 0 Å². The van der Waals surface area contributed by atoms with Gasteiger partial charge in [-0.1, -0.05) is 30.3 Å². The third-order valence-electron chi connectivity index (χ3n) is 6.58. The van der Waals surface area contributed by atoms with Gasteiger partial charge in [-0.3, -0.25) is 0 Å². The fraction of sp³-hybridized carbons (Fsp3) is 0.500. The van der Waals surface area contributed by atoms with Gasteiger partial charge >= 0.3 is 5.97 Å². The highest BCUT2D eigenvalue weighted by Crippen LogP contribution is 2.33. The van der Waals surface area contributed by atoms with Crippen molar-refractivity contribution in [3.05, 3.63) is 53.4 Å². The van der Waals surface area contributed by atoms with Crippen molar-refractivity contribution in [1.29, 1.82) is 0 Å². The van der Waals surface area contributed by atoms with Crippen LogP contribution in [0.5, 0.6) is 0 Å². The molecule has 0 radical (unpaired) electrons. The Morgan fingerprint density at radius 2 is 1.91 bits per heavy atom. The second-order valence-electron chi connectivity index (χ2n) is 9.10. The standard InChI is InChI=1S/C26H34N4O2/c1-18(2)29-15-13-23-22(16-21(17-29)26(31)32-4)25(30-14-9-8-10-19(30)3)28-24(27-23)20-11-6-5-7-12-20/h5-7,11-12,17-19H,8-10,13-16H2,1-4H3/t19-/m1/s1. The molecule has 1 fully saturated rings. The quantitative estimate of drug-likeness (QED) is 0.666. The number of rotatable bonds is 4. The van der Waals surface area contributed by atoms with Crippen LogP contribution in [0.3, 0.4) is 0 Å². The zero-order chi connectivity index (χ0) is 22.7. The van der Waals surface area contributed by atoms with Crippen molar-refractivity contribution < 1.29 is 9.53 Å². The first kappa shape index (κ1) is 22.3. The van der Waals surface area contributed by atoms with Gasteiger partial charge in [0, 0.05) is 55.3 Å². The summed E-state index contributed by atoms with van der Waals surface area (Å²) in [4.78, 5) is 27.4. The number of anilines is 1. The van der Waals surface area contributed by atoms with E-state index in [9.17, 15) is 4.79 Å². The first-order valence-corrected chi connectivity index (χ1v) is 11.7. The molecule has 0 saturated carbocycles. The van der Waals surface area contributed by atoms with Crippen LogP contribution < -0.4 is 4.90 Å². The largest absolute Gasteiger partial charge is 0.466 e. The van der Waals surface area contributed by atoms with Crippen LogP contribution in [0.4, 0.5) is 5.82 Å². The van der Waals surface area contributed by atoms with Crippen LogP contribution >= 0.6 is 0 Å². The van der Waals surface area contributed by atoms with E-state index in [0.29, 0.717) is 18.0 Å². The van der Waals surface area contributed by atoms with Crippen LogP contribution in [-0.2, 0) is 22.4 Å². The number of carbonyl (C=O) groups is 1. The van der Waals surface area contributed by atoms with E-state index in [1.807, 2.05) is 24.4 Å². The average Bonchev–Trinajstić information content (AvgIpc) is 2.79. The van der Waals surface area contributed by atoms with Gasteiger partial charge in [0.25, 0.3) is 0 Å². The third kappa shape index (κ3) is 4.64. The zero-order valence-electron chi connectivity index (χ0n) is 19.7. The summed E-state index contributed by atoms with van der Waals surface area (Å²) >= 11 is 0. The molecule has 1 atom stereocenters. The molecule has 0 spiro atoms. The van der Waals surface area contributed by atoms with Crippen LogP contribution in [0.2, 0.25) is 0 Å².